The molecule has 0 aliphatic rings. The third-order valence-corrected chi connectivity index (χ3v) is 2.52. The first kappa shape index (κ1) is 12.2. The van der Waals surface area contributed by atoms with Gasteiger partial charge in [0.25, 0.3) is 0 Å². The van der Waals surface area contributed by atoms with Gasteiger partial charge in [-0.05, 0) is 51.4 Å². The third kappa shape index (κ3) is 5.55. The maximum atomic E-state index is 5.42. The fraction of sp³-hybridized carbons (Fsp3) is 0.538. The quantitative estimate of drug-likeness (QED) is 0.668. The average Bonchev–Trinajstić information content (AvgIpc) is 2.26. The van der Waals surface area contributed by atoms with Crippen LogP contribution in [0.2, 0.25) is 0 Å². The molecule has 2 heteroatoms. The molecule has 3 N–H and O–H groups in total. The van der Waals surface area contributed by atoms with Crippen molar-refractivity contribution in [3.63, 3.8) is 0 Å². The van der Waals surface area contributed by atoms with E-state index in [0.29, 0.717) is 0 Å². The van der Waals surface area contributed by atoms with Crippen molar-refractivity contribution in [1.29, 1.82) is 0 Å². The Bertz CT molecular complexity index is 254. The molecule has 15 heavy (non-hydrogen) atoms. The second-order valence-electron chi connectivity index (χ2n) is 3.98. The van der Waals surface area contributed by atoms with Crippen LogP contribution in [0.25, 0.3) is 0 Å². The monoisotopic (exact) mass is 206 g/mol. The van der Waals surface area contributed by atoms with Crippen molar-refractivity contribution in [2.24, 2.45) is 5.73 Å². The first-order chi connectivity index (χ1) is 7.33. The van der Waals surface area contributed by atoms with E-state index in [1.54, 1.807) is 0 Å². The largest absolute Gasteiger partial charge is 0.330 e. The summed E-state index contributed by atoms with van der Waals surface area (Å²) >= 11 is 0. The zero-order valence-electron chi connectivity index (χ0n) is 9.63. The van der Waals surface area contributed by atoms with E-state index in [9.17, 15) is 0 Å². The summed E-state index contributed by atoms with van der Waals surface area (Å²) in [7, 11) is 0. The average molecular weight is 206 g/mol. The van der Waals surface area contributed by atoms with E-state index >= 15 is 0 Å². The van der Waals surface area contributed by atoms with Crippen molar-refractivity contribution in [2.45, 2.75) is 26.2 Å². The van der Waals surface area contributed by atoms with Gasteiger partial charge in [-0.1, -0.05) is 29.8 Å². The van der Waals surface area contributed by atoms with Gasteiger partial charge in [0.1, 0.15) is 0 Å². The number of aryl methyl sites for hydroxylation is 1. The Labute approximate surface area is 92.9 Å². The van der Waals surface area contributed by atoms with Crippen LogP contribution in [0.1, 0.15) is 24.0 Å². The number of hydrogen-bond donors (Lipinski definition) is 2. The van der Waals surface area contributed by atoms with Gasteiger partial charge >= 0.3 is 0 Å². The molecule has 0 heterocycles. The van der Waals surface area contributed by atoms with Gasteiger partial charge in [0.05, 0.1) is 0 Å². The van der Waals surface area contributed by atoms with Crippen LogP contribution in [0.5, 0.6) is 0 Å². The first-order valence-electron chi connectivity index (χ1n) is 5.79. The zero-order chi connectivity index (χ0) is 10.9. The summed E-state index contributed by atoms with van der Waals surface area (Å²) in [6.45, 7) is 5.07. The molecule has 1 rings (SSSR count). The number of nitrogens with one attached hydrogen (secondary N) is 1. The Morgan fingerprint density at radius 1 is 1.07 bits per heavy atom. The van der Waals surface area contributed by atoms with Crippen molar-refractivity contribution in [2.75, 3.05) is 19.6 Å². The third-order valence-electron chi connectivity index (χ3n) is 2.52. The Hall–Kier alpha value is -0.860. The minimum absolute atomic E-state index is 0.805. The van der Waals surface area contributed by atoms with Gasteiger partial charge in [0.2, 0.25) is 0 Å². The van der Waals surface area contributed by atoms with E-state index in [0.717, 1.165) is 32.5 Å². The molecule has 0 atom stereocenters. The van der Waals surface area contributed by atoms with Crippen LogP contribution in [0.4, 0.5) is 0 Å². The zero-order valence-corrected chi connectivity index (χ0v) is 9.63. The molecule has 0 aromatic heterocycles. The number of hydrogen-bond acceptors (Lipinski definition) is 2. The van der Waals surface area contributed by atoms with Gasteiger partial charge in [-0.3, -0.25) is 0 Å². The smallest absolute Gasteiger partial charge is 0.000835 e. The van der Waals surface area contributed by atoms with Gasteiger partial charge in [0, 0.05) is 0 Å². The van der Waals surface area contributed by atoms with Gasteiger partial charge in [0.15, 0.2) is 0 Å². The van der Waals surface area contributed by atoms with E-state index in [4.69, 9.17) is 5.73 Å². The summed E-state index contributed by atoms with van der Waals surface area (Å²) in [5, 5.41) is 3.43. The molecule has 0 saturated carbocycles. The predicted octanol–water partition coefficient (Wildman–Crippen LogP) is 1.87. The minimum atomic E-state index is 0.805. The lowest BCUT2D eigenvalue weighted by molar-refractivity contribution is 0.627. The van der Waals surface area contributed by atoms with Gasteiger partial charge in [-0.15, -0.1) is 0 Å². The maximum Gasteiger partial charge on any atom is -0.000835 e. The fourth-order valence-corrected chi connectivity index (χ4v) is 1.51. The highest BCUT2D eigenvalue weighted by Crippen LogP contribution is 2.02. The number of unbranched alkanes of at least 4 members (excludes halogenated alkanes) is 1. The molecule has 0 unspecified atom stereocenters. The van der Waals surface area contributed by atoms with Crippen LogP contribution in [-0.2, 0) is 6.42 Å². The van der Waals surface area contributed by atoms with E-state index < -0.39 is 0 Å². The van der Waals surface area contributed by atoms with Crippen molar-refractivity contribution in [3.05, 3.63) is 35.4 Å². The lowest BCUT2D eigenvalue weighted by Crippen LogP contribution is -2.19. The van der Waals surface area contributed by atoms with Crippen molar-refractivity contribution in [3.8, 4) is 0 Å². The standard InChI is InChI=1S/C13H22N2/c1-12-4-6-13(7-5-12)8-11-15-10-3-2-9-14/h4-7,15H,2-3,8-11,14H2,1H3. The first-order valence-corrected chi connectivity index (χ1v) is 5.79. The predicted molar refractivity (Wildman–Crippen MR) is 66.0 cm³/mol. The van der Waals surface area contributed by atoms with Crippen LogP contribution in [0.3, 0.4) is 0 Å². The SMILES string of the molecule is Cc1ccc(CCNCCCCN)cc1. The summed E-state index contributed by atoms with van der Waals surface area (Å²) in [5.41, 5.74) is 8.16. The topological polar surface area (TPSA) is 38.0 Å². The molecule has 1 aromatic carbocycles. The highest BCUT2D eigenvalue weighted by Gasteiger charge is 1.92. The molecule has 0 saturated heterocycles. The number of nitrogens with two attached hydrogens (primary N) is 1. The molecule has 84 valence electrons. The summed E-state index contributed by atoms with van der Waals surface area (Å²) in [6.07, 6.45) is 3.42. The molecule has 0 fully saturated rings. The Morgan fingerprint density at radius 2 is 1.80 bits per heavy atom. The van der Waals surface area contributed by atoms with Gasteiger partial charge in [-0.25, -0.2) is 0 Å². The number of benzene rings is 1. The van der Waals surface area contributed by atoms with Crippen LogP contribution >= 0.6 is 0 Å². The fourth-order valence-electron chi connectivity index (χ4n) is 1.51. The molecule has 0 aliphatic carbocycles. The molecular formula is C13H22N2. The normalized spacial score (nSPS) is 10.5. The van der Waals surface area contributed by atoms with Gasteiger partial charge < -0.3 is 11.1 Å². The van der Waals surface area contributed by atoms with E-state index in [2.05, 4.69) is 36.5 Å². The minimum Gasteiger partial charge on any atom is -0.330 e. The summed E-state index contributed by atoms with van der Waals surface area (Å²) in [5.74, 6) is 0. The second-order valence-corrected chi connectivity index (χ2v) is 3.98. The van der Waals surface area contributed by atoms with Crippen LogP contribution in [0.15, 0.2) is 24.3 Å². The molecular weight excluding hydrogens is 184 g/mol. The molecule has 0 bridgehead atoms. The van der Waals surface area contributed by atoms with Crippen LogP contribution < -0.4 is 11.1 Å². The summed E-state index contributed by atoms with van der Waals surface area (Å²) in [6, 6.07) is 8.75. The second kappa shape index (κ2) is 7.43. The van der Waals surface area contributed by atoms with Crippen molar-refractivity contribution in [1.82, 2.24) is 5.32 Å². The summed E-state index contributed by atoms with van der Waals surface area (Å²) < 4.78 is 0. The highest BCUT2D eigenvalue weighted by atomic mass is 14.8. The van der Waals surface area contributed by atoms with Gasteiger partial charge in [-0.2, -0.15) is 0 Å². The molecule has 0 aliphatic heterocycles. The van der Waals surface area contributed by atoms with E-state index in [1.807, 2.05) is 0 Å². The molecule has 2 nitrogen and oxygen atoms in total. The lowest BCUT2D eigenvalue weighted by atomic mass is 10.1. The highest BCUT2D eigenvalue weighted by molar-refractivity contribution is 5.21. The maximum absolute atomic E-state index is 5.42. The molecule has 0 amide bonds. The van der Waals surface area contributed by atoms with E-state index in [1.165, 1.54) is 17.5 Å². The molecule has 0 spiro atoms. The lowest BCUT2D eigenvalue weighted by Gasteiger charge is -2.04. The number of rotatable bonds is 7. The van der Waals surface area contributed by atoms with Crippen LogP contribution in [-0.4, -0.2) is 19.6 Å². The Kier molecular flexibility index (Phi) is 6.05. The molecule has 1 aromatic rings. The van der Waals surface area contributed by atoms with Crippen LogP contribution in [0, 0.1) is 6.92 Å². The summed E-state index contributed by atoms with van der Waals surface area (Å²) in [4.78, 5) is 0. The molecule has 0 radical (unpaired) electrons. The Morgan fingerprint density at radius 3 is 2.47 bits per heavy atom. The van der Waals surface area contributed by atoms with E-state index in [-0.39, 0.29) is 0 Å². The van der Waals surface area contributed by atoms with Crippen molar-refractivity contribution >= 4 is 0 Å². The van der Waals surface area contributed by atoms with Crippen molar-refractivity contribution < 1.29 is 0 Å². The Balaban J connectivity index is 2.07.